The number of benzene rings is 2. The SMILES string of the molecule is CCOC(=O)C[C@H]1Cc2ccc3ccc(OC)cc3c2C1=O. The summed E-state index contributed by atoms with van der Waals surface area (Å²) in [5.41, 5.74) is 1.73. The Balaban J connectivity index is 1.98. The molecule has 0 bridgehead atoms. The van der Waals surface area contributed by atoms with E-state index < -0.39 is 0 Å². The van der Waals surface area contributed by atoms with Gasteiger partial charge in [0.2, 0.25) is 0 Å². The Morgan fingerprint density at radius 1 is 1.27 bits per heavy atom. The summed E-state index contributed by atoms with van der Waals surface area (Å²) >= 11 is 0. The number of carbonyl (C=O) groups excluding carboxylic acids is 2. The Morgan fingerprint density at radius 2 is 2.05 bits per heavy atom. The van der Waals surface area contributed by atoms with Gasteiger partial charge in [-0.2, -0.15) is 0 Å². The van der Waals surface area contributed by atoms with Gasteiger partial charge in [0.25, 0.3) is 0 Å². The van der Waals surface area contributed by atoms with E-state index in [1.165, 1.54) is 0 Å². The first kappa shape index (κ1) is 14.6. The molecule has 1 aliphatic rings. The zero-order valence-electron chi connectivity index (χ0n) is 12.7. The summed E-state index contributed by atoms with van der Waals surface area (Å²) in [6, 6.07) is 9.70. The van der Waals surface area contributed by atoms with Gasteiger partial charge in [0.05, 0.1) is 20.1 Å². The lowest BCUT2D eigenvalue weighted by Gasteiger charge is -2.08. The molecule has 0 aliphatic heterocycles. The molecule has 2 aromatic carbocycles. The van der Waals surface area contributed by atoms with Crippen molar-refractivity contribution in [1.82, 2.24) is 0 Å². The van der Waals surface area contributed by atoms with Gasteiger partial charge in [-0.15, -0.1) is 0 Å². The molecule has 22 heavy (non-hydrogen) atoms. The summed E-state index contributed by atoms with van der Waals surface area (Å²) in [6.07, 6.45) is 0.743. The third-order valence-electron chi connectivity index (χ3n) is 4.12. The van der Waals surface area contributed by atoms with Crippen molar-refractivity contribution >= 4 is 22.5 Å². The maximum atomic E-state index is 12.7. The molecule has 114 valence electrons. The average Bonchev–Trinajstić information content (AvgIpc) is 2.83. The van der Waals surface area contributed by atoms with Crippen molar-refractivity contribution in [1.29, 1.82) is 0 Å². The lowest BCUT2D eigenvalue weighted by atomic mass is 9.98. The lowest BCUT2D eigenvalue weighted by Crippen LogP contribution is -2.16. The van der Waals surface area contributed by atoms with E-state index in [0.29, 0.717) is 13.0 Å². The van der Waals surface area contributed by atoms with E-state index in [-0.39, 0.29) is 24.1 Å². The van der Waals surface area contributed by atoms with Crippen molar-refractivity contribution in [3.63, 3.8) is 0 Å². The number of ketones is 1. The van der Waals surface area contributed by atoms with Crippen LogP contribution >= 0.6 is 0 Å². The molecular formula is C18H18O4. The van der Waals surface area contributed by atoms with Crippen LogP contribution in [-0.4, -0.2) is 25.5 Å². The molecule has 0 unspecified atom stereocenters. The number of hydrogen-bond donors (Lipinski definition) is 0. The molecule has 0 saturated heterocycles. The van der Waals surface area contributed by atoms with Gasteiger partial charge in [-0.25, -0.2) is 0 Å². The molecule has 0 heterocycles. The van der Waals surface area contributed by atoms with Crippen LogP contribution in [0.5, 0.6) is 5.75 Å². The molecule has 1 aliphatic carbocycles. The standard InChI is InChI=1S/C18H18O4/c1-3-22-16(19)9-13-8-12-5-4-11-6-7-14(21-2)10-15(11)17(12)18(13)20/h4-7,10,13H,3,8-9H2,1-2H3/t13-/m1/s1. The fourth-order valence-electron chi connectivity index (χ4n) is 3.08. The molecule has 0 saturated carbocycles. The van der Waals surface area contributed by atoms with Gasteiger partial charge in [-0.1, -0.05) is 18.2 Å². The summed E-state index contributed by atoms with van der Waals surface area (Å²) in [5, 5.41) is 1.90. The summed E-state index contributed by atoms with van der Waals surface area (Å²) < 4.78 is 10.2. The second kappa shape index (κ2) is 5.79. The predicted molar refractivity (Wildman–Crippen MR) is 83.3 cm³/mol. The topological polar surface area (TPSA) is 52.6 Å². The van der Waals surface area contributed by atoms with E-state index in [1.54, 1.807) is 14.0 Å². The van der Waals surface area contributed by atoms with Crippen molar-refractivity contribution in [3.8, 4) is 5.75 Å². The predicted octanol–water partition coefficient (Wildman–Crippen LogP) is 3.16. The first-order valence-electron chi connectivity index (χ1n) is 7.43. The minimum Gasteiger partial charge on any atom is -0.497 e. The highest BCUT2D eigenvalue weighted by atomic mass is 16.5. The molecule has 0 aromatic heterocycles. The number of ether oxygens (including phenoxy) is 2. The Labute approximate surface area is 129 Å². The second-order valence-corrected chi connectivity index (χ2v) is 5.46. The molecular weight excluding hydrogens is 280 g/mol. The molecule has 2 aromatic rings. The highest BCUT2D eigenvalue weighted by Gasteiger charge is 2.33. The number of rotatable bonds is 4. The van der Waals surface area contributed by atoms with Crippen LogP contribution in [0.4, 0.5) is 0 Å². The van der Waals surface area contributed by atoms with Crippen LogP contribution in [0.3, 0.4) is 0 Å². The molecule has 0 radical (unpaired) electrons. The van der Waals surface area contributed by atoms with Crippen LogP contribution in [0.2, 0.25) is 0 Å². The quantitative estimate of drug-likeness (QED) is 0.814. The normalized spacial score (nSPS) is 16.6. The zero-order chi connectivity index (χ0) is 15.7. The molecule has 3 rings (SSSR count). The molecule has 1 atom stereocenters. The third-order valence-corrected chi connectivity index (χ3v) is 4.12. The first-order chi connectivity index (χ1) is 10.6. The van der Waals surface area contributed by atoms with Crippen LogP contribution < -0.4 is 4.74 Å². The fraction of sp³-hybridized carbons (Fsp3) is 0.333. The number of esters is 1. The fourth-order valence-corrected chi connectivity index (χ4v) is 3.08. The Bertz CT molecular complexity index is 748. The zero-order valence-corrected chi connectivity index (χ0v) is 12.7. The van der Waals surface area contributed by atoms with Crippen molar-refractivity contribution in [2.75, 3.05) is 13.7 Å². The number of Topliss-reactive ketones (excluding diaryl/α,β-unsaturated/α-hetero) is 1. The van der Waals surface area contributed by atoms with Crippen LogP contribution in [-0.2, 0) is 16.0 Å². The monoisotopic (exact) mass is 298 g/mol. The first-order valence-corrected chi connectivity index (χ1v) is 7.43. The van der Waals surface area contributed by atoms with E-state index in [4.69, 9.17) is 9.47 Å². The van der Waals surface area contributed by atoms with Crippen molar-refractivity contribution in [2.24, 2.45) is 5.92 Å². The Kier molecular flexibility index (Phi) is 3.84. The van der Waals surface area contributed by atoms with Crippen LogP contribution in [0.25, 0.3) is 10.8 Å². The second-order valence-electron chi connectivity index (χ2n) is 5.46. The molecule has 4 heteroatoms. The maximum Gasteiger partial charge on any atom is 0.306 e. The van der Waals surface area contributed by atoms with Gasteiger partial charge in [0, 0.05) is 11.5 Å². The molecule has 4 nitrogen and oxygen atoms in total. The summed E-state index contributed by atoms with van der Waals surface area (Å²) in [5.74, 6) is 0.130. The van der Waals surface area contributed by atoms with Crippen LogP contribution in [0.1, 0.15) is 29.3 Å². The molecule has 0 amide bonds. The van der Waals surface area contributed by atoms with Crippen LogP contribution in [0.15, 0.2) is 30.3 Å². The number of fused-ring (bicyclic) bond motifs is 3. The smallest absolute Gasteiger partial charge is 0.306 e. The van der Waals surface area contributed by atoms with E-state index in [0.717, 1.165) is 27.6 Å². The van der Waals surface area contributed by atoms with Gasteiger partial charge in [-0.3, -0.25) is 9.59 Å². The third kappa shape index (κ3) is 2.45. The maximum absolute atomic E-state index is 12.7. The van der Waals surface area contributed by atoms with Crippen molar-refractivity contribution in [2.45, 2.75) is 19.8 Å². The van der Waals surface area contributed by atoms with Gasteiger partial charge in [0.1, 0.15) is 5.75 Å². The number of methoxy groups -OCH3 is 1. The summed E-state index contributed by atoms with van der Waals surface area (Å²) in [7, 11) is 1.61. The number of hydrogen-bond acceptors (Lipinski definition) is 4. The summed E-state index contributed by atoms with van der Waals surface area (Å²) in [6.45, 7) is 2.11. The lowest BCUT2D eigenvalue weighted by molar-refractivity contribution is -0.143. The number of carbonyl (C=O) groups is 2. The van der Waals surface area contributed by atoms with Gasteiger partial charge in [-0.05, 0) is 41.8 Å². The minimum atomic E-state index is -0.314. The minimum absolute atomic E-state index is 0.0295. The van der Waals surface area contributed by atoms with Gasteiger partial charge < -0.3 is 9.47 Å². The van der Waals surface area contributed by atoms with E-state index in [1.807, 2.05) is 30.3 Å². The van der Waals surface area contributed by atoms with E-state index in [9.17, 15) is 9.59 Å². The van der Waals surface area contributed by atoms with Crippen molar-refractivity contribution in [3.05, 3.63) is 41.5 Å². The Morgan fingerprint density at radius 3 is 2.77 bits per heavy atom. The molecule has 0 fully saturated rings. The highest BCUT2D eigenvalue weighted by Crippen LogP contribution is 2.35. The van der Waals surface area contributed by atoms with Gasteiger partial charge >= 0.3 is 5.97 Å². The Hall–Kier alpha value is -2.36. The molecule has 0 spiro atoms. The van der Waals surface area contributed by atoms with Crippen molar-refractivity contribution < 1.29 is 19.1 Å². The average molecular weight is 298 g/mol. The molecule has 0 N–H and O–H groups in total. The van der Waals surface area contributed by atoms with E-state index in [2.05, 4.69) is 0 Å². The van der Waals surface area contributed by atoms with E-state index >= 15 is 0 Å². The summed E-state index contributed by atoms with van der Waals surface area (Å²) in [4.78, 5) is 24.4. The van der Waals surface area contributed by atoms with Gasteiger partial charge in [0.15, 0.2) is 5.78 Å². The largest absolute Gasteiger partial charge is 0.497 e. The highest BCUT2D eigenvalue weighted by molar-refractivity contribution is 6.13. The van der Waals surface area contributed by atoms with Crippen LogP contribution in [0, 0.1) is 5.92 Å².